The number of para-hydroxylation sites is 1. The van der Waals surface area contributed by atoms with Crippen molar-refractivity contribution in [3.05, 3.63) is 71.3 Å². The molecule has 0 saturated carbocycles. The average molecular weight is 426 g/mol. The summed E-state index contributed by atoms with van der Waals surface area (Å²) >= 11 is 5.01. The number of amides is 2. The van der Waals surface area contributed by atoms with Gasteiger partial charge in [-0.15, -0.1) is 0 Å². The number of hydrogen-bond acceptors (Lipinski definition) is 4. The van der Waals surface area contributed by atoms with E-state index in [0.717, 1.165) is 23.1 Å². The second-order valence-corrected chi connectivity index (χ2v) is 7.28. The zero-order chi connectivity index (χ0) is 21.9. The topological polar surface area (TPSA) is 79.5 Å². The number of hydrogen-bond donors (Lipinski definition) is 3. The van der Waals surface area contributed by atoms with Gasteiger partial charge in [-0.25, -0.2) is 0 Å². The van der Waals surface area contributed by atoms with E-state index in [9.17, 15) is 9.59 Å². The molecule has 3 N–H and O–H groups in total. The fraction of sp³-hybridized carbons (Fsp3) is 0.261. The molecule has 30 heavy (non-hydrogen) atoms. The van der Waals surface area contributed by atoms with Gasteiger partial charge in [-0.2, -0.15) is 0 Å². The van der Waals surface area contributed by atoms with E-state index in [0.29, 0.717) is 11.7 Å². The minimum absolute atomic E-state index is 0.0121. The minimum atomic E-state index is -0.416. The first-order valence-electron chi connectivity index (χ1n) is 9.75. The van der Waals surface area contributed by atoms with Gasteiger partial charge in [0.2, 0.25) is 5.91 Å². The molecule has 1 atom stereocenters. The van der Waals surface area contributed by atoms with E-state index in [4.69, 9.17) is 17.0 Å². The molecule has 6 nitrogen and oxygen atoms in total. The summed E-state index contributed by atoms with van der Waals surface area (Å²) in [6.07, 6.45) is 4.02. The van der Waals surface area contributed by atoms with Crippen LogP contribution in [0.5, 0.6) is 5.75 Å². The normalized spacial score (nSPS) is 11.6. The zero-order valence-electron chi connectivity index (χ0n) is 17.4. The number of hydrazine groups is 1. The number of carbonyl (C=O) groups excluding carboxylic acids is 2. The summed E-state index contributed by atoms with van der Waals surface area (Å²) in [6.45, 7) is 6.03. The highest BCUT2D eigenvalue weighted by atomic mass is 32.1. The number of thiocarbonyl (C=S) groups is 1. The van der Waals surface area contributed by atoms with Crippen LogP contribution in [0.15, 0.2) is 54.6 Å². The van der Waals surface area contributed by atoms with Crippen LogP contribution in [-0.2, 0) is 9.59 Å². The Morgan fingerprint density at radius 1 is 1.10 bits per heavy atom. The van der Waals surface area contributed by atoms with Gasteiger partial charge in [0.05, 0.1) is 0 Å². The Bertz CT molecular complexity index is 910. The third-order valence-electron chi connectivity index (χ3n) is 4.48. The molecule has 0 bridgehead atoms. The molecule has 0 aliphatic heterocycles. The van der Waals surface area contributed by atoms with Crippen LogP contribution in [0, 0.1) is 6.92 Å². The second-order valence-electron chi connectivity index (χ2n) is 6.87. The molecule has 2 amide bonds. The Morgan fingerprint density at radius 2 is 1.80 bits per heavy atom. The Balaban J connectivity index is 1.75. The lowest BCUT2D eigenvalue weighted by Crippen LogP contribution is -2.49. The smallest absolute Gasteiger partial charge is 0.276 e. The van der Waals surface area contributed by atoms with E-state index in [1.165, 1.54) is 6.08 Å². The van der Waals surface area contributed by atoms with Crippen LogP contribution >= 0.6 is 12.2 Å². The lowest BCUT2D eigenvalue weighted by atomic mass is 9.98. The highest BCUT2D eigenvalue weighted by molar-refractivity contribution is 7.80. The van der Waals surface area contributed by atoms with E-state index in [2.05, 4.69) is 30.0 Å². The maximum absolute atomic E-state index is 12.0. The van der Waals surface area contributed by atoms with Crippen LogP contribution in [0.25, 0.3) is 6.08 Å². The summed E-state index contributed by atoms with van der Waals surface area (Å²) in [6, 6.07) is 15.4. The predicted octanol–water partition coefficient (Wildman–Crippen LogP) is 3.62. The van der Waals surface area contributed by atoms with E-state index in [1.54, 1.807) is 6.08 Å². The fourth-order valence-corrected chi connectivity index (χ4v) is 2.73. The van der Waals surface area contributed by atoms with Crippen molar-refractivity contribution in [1.29, 1.82) is 0 Å². The molecule has 0 fully saturated rings. The number of ether oxygens (including phenoxy) is 1. The standard InChI is InChI=1S/C23H27N3O3S/c1-4-17(3)19-7-5-6-8-20(19)29-15-22(28)25-26-23(30)24-21(27)14-13-18-11-9-16(2)10-12-18/h5-14,17H,4,15H2,1-3H3,(H,25,28)(H2,24,26,27,30). The fourth-order valence-electron chi connectivity index (χ4n) is 2.58. The van der Waals surface area contributed by atoms with Crippen LogP contribution in [0.2, 0.25) is 0 Å². The Labute approximate surface area is 182 Å². The van der Waals surface area contributed by atoms with Gasteiger partial charge in [-0.05, 0) is 54.7 Å². The Kier molecular flexibility index (Phi) is 9.03. The van der Waals surface area contributed by atoms with Gasteiger partial charge in [0, 0.05) is 6.08 Å². The van der Waals surface area contributed by atoms with Crippen molar-refractivity contribution < 1.29 is 14.3 Å². The summed E-state index contributed by atoms with van der Waals surface area (Å²) in [5.41, 5.74) is 8.00. The van der Waals surface area contributed by atoms with Crippen molar-refractivity contribution in [2.45, 2.75) is 33.1 Å². The van der Waals surface area contributed by atoms with Crippen molar-refractivity contribution in [3.63, 3.8) is 0 Å². The molecule has 0 spiro atoms. The number of rotatable bonds is 7. The molecule has 1 unspecified atom stereocenters. The molecule has 0 saturated heterocycles. The minimum Gasteiger partial charge on any atom is -0.483 e. The maximum Gasteiger partial charge on any atom is 0.276 e. The molecule has 0 heterocycles. The summed E-state index contributed by atoms with van der Waals surface area (Å²) in [5, 5.41) is 2.45. The van der Waals surface area contributed by atoms with Gasteiger partial charge in [0.1, 0.15) is 5.75 Å². The predicted molar refractivity (Wildman–Crippen MR) is 123 cm³/mol. The molecule has 158 valence electrons. The van der Waals surface area contributed by atoms with Crippen LogP contribution in [0.4, 0.5) is 0 Å². The van der Waals surface area contributed by atoms with Gasteiger partial charge >= 0.3 is 0 Å². The molecule has 0 aromatic heterocycles. The van der Waals surface area contributed by atoms with Gasteiger partial charge in [0.15, 0.2) is 11.7 Å². The van der Waals surface area contributed by atoms with Crippen LogP contribution in [0.3, 0.4) is 0 Å². The second kappa shape index (κ2) is 11.7. The molecule has 0 aliphatic carbocycles. The summed E-state index contributed by atoms with van der Waals surface area (Å²) < 4.78 is 5.64. The lowest BCUT2D eigenvalue weighted by Gasteiger charge is -2.16. The van der Waals surface area contributed by atoms with Crippen molar-refractivity contribution in [2.24, 2.45) is 0 Å². The molecule has 2 rings (SSSR count). The van der Waals surface area contributed by atoms with Gasteiger partial charge in [0.25, 0.3) is 5.91 Å². The van der Waals surface area contributed by atoms with Crippen molar-refractivity contribution in [1.82, 2.24) is 16.2 Å². The monoisotopic (exact) mass is 425 g/mol. The first-order chi connectivity index (χ1) is 14.4. The van der Waals surface area contributed by atoms with Gasteiger partial charge in [-0.1, -0.05) is 61.9 Å². The molecule has 2 aromatic rings. The summed E-state index contributed by atoms with van der Waals surface area (Å²) in [4.78, 5) is 23.9. The number of carbonyl (C=O) groups is 2. The first-order valence-corrected chi connectivity index (χ1v) is 10.2. The maximum atomic E-state index is 12.0. The highest BCUT2D eigenvalue weighted by Gasteiger charge is 2.11. The molecule has 0 aliphatic rings. The van der Waals surface area contributed by atoms with Crippen molar-refractivity contribution in [3.8, 4) is 5.75 Å². The molecule has 0 radical (unpaired) electrons. The largest absolute Gasteiger partial charge is 0.483 e. The van der Waals surface area contributed by atoms with Gasteiger partial charge in [-0.3, -0.25) is 25.8 Å². The van der Waals surface area contributed by atoms with Crippen LogP contribution in [0.1, 0.15) is 42.9 Å². The number of benzene rings is 2. The average Bonchev–Trinajstić information content (AvgIpc) is 2.75. The first kappa shape index (κ1) is 23.1. The van der Waals surface area contributed by atoms with E-state index in [-0.39, 0.29) is 11.7 Å². The van der Waals surface area contributed by atoms with Crippen molar-refractivity contribution >= 4 is 35.2 Å². The van der Waals surface area contributed by atoms with Gasteiger partial charge < -0.3 is 4.74 Å². The Hall–Kier alpha value is -3.19. The highest BCUT2D eigenvalue weighted by Crippen LogP contribution is 2.28. The molecular weight excluding hydrogens is 398 g/mol. The van der Waals surface area contributed by atoms with Crippen LogP contribution in [-0.4, -0.2) is 23.5 Å². The zero-order valence-corrected chi connectivity index (χ0v) is 18.2. The molecule has 7 heteroatoms. The third-order valence-corrected chi connectivity index (χ3v) is 4.68. The number of aryl methyl sites for hydroxylation is 1. The molecule has 2 aromatic carbocycles. The number of nitrogens with one attached hydrogen (secondary N) is 3. The van der Waals surface area contributed by atoms with E-state index >= 15 is 0 Å². The summed E-state index contributed by atoms with van der Waals surface area (Å²) in [5.74, 6) is 0.194. The summed E-state index contributed by atoms with van der Waals surface area (Å²) in [7, 11) is 0. The SMILES string of the molecule is CCC(C)c1ccccc1OCC(=O)NNC(=S)NC(=O)C=Cc1ccc(C)cc1. The molecular formula is C23H27N3O3S. The Morgan fingerprint density at radius 3 is 2.50 bits per heavy atom. The third kappa shape index (κ3) is 7.67. The quantitative estimate of drug-likeness (QED) is 0.359. The van der Waals surface area contributed by atoms with E-state index < -0.39 is 11.8 Å². The van der Waals surface area contributed by atoms with E-state index in [1.807, 2.05) is 55.5 Å². The van der Waals surface area contributed by atoms with Crippen LogP contribution < -0.4 is 20.9 Å². The lowest BCUT2D eigenvalue weighted by molar-refractivity contribution is -0.123. The van der Waals surface area contributed by atoms with Crippen molar-refractivity contribution in [2.75, 3.05) is 6.61 Å².